The SMILES string of the molecule is O=C(O)C(F)(F)F.O=C(O)C(F)(F)F.O=C(O)C(F)(F)F.O=C(O)C(F)(F)F.c1cc(-c2cnc([C@@H]3CCCN3)[nH]2)ccc1-c1ccc2cc(-c3ccc4nc([C@@H]5CCCN5)[nH]c4c3)ccc2c1. The van der Waals surface area contributed by atoms with E-state index in [4.69, 9.17) is 44.6 Å². The van der Waals surface area contributed by atoms with Gasteiger partial charge in [0.15, 0.2) is 0 Å². The monoisotopic (exact) mass is 980 g/mol. The highest BCUT2D eigenvalue weighted by molar-refractivity contribution is 5.92. The molecule has 0 spiro atoms. The number of rotatable bonds is 5. The number of fused-ring (bicyclic) bond motifs is 2. The molecule has 8 N–H and O–H groups in total. The van der Waals surface area contributed by atoms with Gasteiger partial charge in [0.05, 0.1) is 35.0 Å². The van der Waals surface area contributed by atoms with Crippen LogP contribution in [0.4, 0.5) is 52.7 Å². The average molecular weight is 981 g/mol. The van der Waals surface area contributed by atoms with E-state index < -0.39 is 48.6 Å². The highest BCUT2D eigenvalue weighted by Gasteiger charge is 2.40. The molecule has 0 amide bonds. The van der Waals surface area contributed by atoms with Crippen LogP contribution in [0.15, 0.2) is 85.1 Å². The summed E-state index contributed by atoms with van der Waals surface area (Å²) in [4.78, 5) is 52.1. The molecule has 0 bridgehead atoms. The van der Waals surface area contributed by atoms with E-state index in [1.54, 1.807) is 0 Å². The third-order valence-corrected chi connectivity index (χ3v) is 9.55. The first-order chi connectivity index (χ1) is 31.5. The first-order valence-electron chi connectivity index (χ1n) is 19.4. The van der Waals surface area contributed by atoms with Gasteiger partial charge in [0.1, 0.15) is 11.6 Å². The van der Waals surface area contributed by atoms with Gasteiger partial charge in [0.25, 0.3) is 0 Å². The molecule has 2 aliphatic rings. The zero-order chi connectivity index (χ0) is 50.8. The minimum absolute atomic E-state index is 0.347. The van der Waals surface area contributed by atoms with Gasteiger partial charge in [0.2, 0.25) is 0 Å². The molecule has 0 saturated carbocycles. The van der Waals surface area contributed by atoms with Crippen LogP contribution in [0.25, 0.3) is 55.3 Å². The molecule has 2 aromatic heterocycles. The lowest BCUT2D eigenvalue weighted by Gasteiger charge is -2.08. The average Bonchev–Trinajstić information content (AvgIpc) is 4.11. The number of carboxylic acids is 4. The van der Waals surface area contributed by atoms with Crippen molar-refractivity contribution >= 4 is 45.7 Å². The van der Waals surface area contributed by atoms with Crippen LogP contribution >= 0.6 is 0 Å². The number of benzene rings is 4. The maximum absolute atomic E-state index is 10.6. The lowest BCUT2D eigenvalue weighted by Crippen LogP contribution is -2.21. The molecule has 0 radical (unpaired) electrons. The van der Waals surface area contributed by atoms with Crippen molar-refractivity contribution in [2.45, 2.75) is 62.5 Å². The van der Waals surface area contributed by atoms with Crippen molar-refractivity contribution in [1.29, 1.82) is 0 Å². The summed E-state index contributed by atoms with van der Waals surface area (Å²) in [6.07, 6.45) is -13.7. The quantitative estimate of drug-likeness (QED) is 0.0755. The first kappa shape index (κ1) is 53.4. The number of imidazole rings is 2. The van der Waals surface area contributed by atoms with Crippen molar-refractivity contribution < 1.29 is 92.3 Å². The molecule has 2 atom stereocenters. The Morgan fingerprint density at radius 3 is 1.26 bits per heavy atom. The van der Waals surface area contributed by atoms with Crippen molar-refractivity contribution in [3.05, 3.63) is 96.7 Å². The van der Waals surface area contributed by atoms with E-state index in [0.29, 0.717) is 12.1 Å². The van der Waals surface area contributed by atoms with Crippen molar-refractivity contribution in [2.75, 3.05) is 13.1 Å². The molecular formula is C42H36F12N6O8. The molecule has 26 heteroatoms. The number of nitrogens with one attached hydrogen (secondary N) is 4. The van der Waals surface area contributed by atoms with Gasteiger partial charge >= 0.3 is 48.6 Å². The fourth-order valence-electron chi connectivity index (χ4n) is 6.32. The van der Waals surface area contributed by atoms with Gasteiger partial charge in [-0.2, -0.15) is 52.7 Å². The Bertz CT molecular complexity index is 2590. The molecule has 0 aliphatic carbocycles. The number of aromatic amines is 2. The number of carboxylic acid groups (broad SMARTS) is 4. The summed E-state index contributed by atoms with van der Waals surface area (Å²) in [5, 5.41) is 38.0. The molecule has 4 aromatic carbocycles. The van der Waals surface area contributed by atoms with Crippen LogP contribution in [0.3, 0.4) is 0 Å². The molecule has 4 heterocycles. The second kappa shape index (κ2) is 22.1. The van der Waals surface area contributed by atoms with Gasteiger partial charge in [-0.1, -0.05) is 54.6 Å². The predicted octanol–water partition coefficient (Wildman–Crippen LogP) is 9.82. The topological polar surface area (TPSA) is 231 Å². The Kier molecular flexibility index (Phi) is 17.3. The Labute approximate surface area is 374 Å². The van der Waals surface area contributed by atoms with Gasteiger partial charge < -0.3 is 41.0 Å². The molecule has 0 unspecified atom stereocenters. The van der Waals surface area contributed by atoms with E-state index >= 15 is 0 Å². The Morgan fingerprint density at radius 2 is 0.853 bits per heavy atom. The highest BCUT2D eigenvalue weighted by Crippen LogP contribution is 2.32. The smallest absolute Gasteiger partial charge is 0.475 e. The third kappa shape index (κ3) is 15.4. The van der Waals surface area contributed by atoms with Crippen LogP contribution in [-0.2, 0) is 19.2 Å². The number of hydrogen-bond donors (Lipinski definition) is 8. The predicted molar refractivity (Wildman–Crippen MR) is 217 cm³/mol. The fraction of sp³-hybridized carbons (Fsp3) is 0.286. The van der Waals surface area contributed by atoms with Gasteiger partial charge in [-0.3, -0.25) is 0 Å². The second-order valence-corrected chi connectivity index (χ2v) is 14.4. The third-order valence-electron chi connectivity index (χ3n) is 9.55. The molecule has 6 aromatic rings. The maximum atomic E-state index is 10.6. The van der Waals surface area contributed by atoms with Crippen LogP contribution in [0.2, 0.25) is 0 Å². The highest BCUT2D eigenvalue weighted by atomic mass is 19.4. The molecule has 14 nitrogen and oxygen atoms in total. The van der Waals surface area contributed by atoms with Gasteiger partial charge in [-0.05, 0) is 102 Å². The number of H-pyrrole nitrogens is 2. The second-order valence-electron chi connectivity index (χ2n) is 14.4. The van der Waals surface area contributed by atoms with Gasteiger partial charge in [-0.25, -0.2) is 29.1 Å². The molecule has 366 valence electrons. The molecule has 2 aliphatic heterocycles. The summed E-state index contributed by atoms with van der Waals surface area (Å²) < 4.78 is 127. The zero-order valence-corrected chi connectivity index (χ0v) is 34.3. The summed E-state index contributed by atoms with van der Waals surface area (Å²) in [7, 11) is 0. The van der Waals surface area contributed by atoms with Crippen molar-refractivity contribution in [3.63, 3.8) is 0 Å². The molecule has 2 saturated heterocycles. The number of aliphatic carboxylic acids is 4. The molecule has 8 rings (SSSR count). The maximum Gasteiger partial charge on any atom is 0.490 e. The lowest BCUT2D eigenvalue weighted by atomic mass is 9.97. The van der Waals surface area contributed by atoms with E-state index in [2.05, 4.69) is 104 Å². The van der Waals surface area contributed by atoms with Crippen LogP contribution < -0.4 is 10.6 Å². The number of nitrogens with zero attached hydrogens (tertiary/aromatic N) is 2. The molecule has 2 fully saturated rings. The molecule has 68 heavy (non-hydrogen) atoms. The summed E-state index contributed by atoms with van der Waals surface area (Å²) in [5.41, 5.74) is 9.21. The van der Waals surface area contributed by atoms with E-state index in [1.807, 2.05) is 6.20 Å². The van der Waals surface area contributed by atoms with Crippen molar-refractivity contribution in [3.8, 4) is 33.5 Å². The largest absolute Gasteiger partial charge is 0.490 e. The minimum Gasteiger partial charge on any atom is -0.475 e. The standard InChI is InChI=1S/C34H32N6.4C2HF3O2/c1-3-29(35-15-1)33-37-20-32(40-33)22-7-5-21(6-8-22)23-9-10-25-18-26(12-11-24(25)17-23)27-13-14-28-31(19-27)39-34(38-28)30-4-2-16-36-30;4*3-2(4,5)1(6)7/h5-14,17-20,29-30,35-36H,1-4,15-16H2,(H,37,40)(H,38,39);4*(H,6,7)/t29-,30-;;;;/m0..../s1. The Balaban J connectivity index is 0.000000294. The van der Waals surface area contributed by atoms with Crippen LogP contribution in [0.5, 0.6) is 0 Å². The fourth-order valence-corrected chi connectivity index (χ4v) is 6.32. The first-order valence-corrected chi connectivity index (χ1v) is 19.4. The zero-order valence-electron chi connectivity index (χ0n) is 34.3. The van der Waals surface area contributed by atoms with E-state index in [1.165, 1.54) is 45.9 Å². The van der Waals surface area contributed by atoms with Crippen molar-refractivity contribution in [2.24, 2.45) is 0 Å². The Hall–Kier alpha value is -7.22. The summed E-state index contributed by atoms with van der Waals surface area (Å²) in [6, 6.07) is 29.5. The van der Waals surface area contributed by atoms with E-state index in [-0.39, 0.29) is 0 Å². The number of carbonyl (C=O) groups is 4. The summed E-state index contributed by atoms with van der Waals surface area (Å²) in [5.74, 6) is -8.93. The van der Waals surface area contributed by atoms with Crippen LogP contribution in [0, 0.1) is 0 Å². The normalized spacial score (nSPS) is 15.9. The van der Waals surface area contributed by atoms with Gasteiger partial charge in [0, 0.05) is 0 Å². The van der Waals surface area contributed by atoms with Crippen LogP contribution in [0.1, 0.15) is 49.4 Å². The number of aromatic nitrogens is 4. The molecular weight excluding hydrogens is 944 g/mol. The van der Waals surface area contributed by atoms with E-state index in [9.17, 15) is 52.7 Å². The lowest BCUT2D eigenvalue weighted by molar-refractivity contribution is -0.193. The minimum atomic E-state index is -5.08. The number of alkyl halides is 12. The number of halogens is 12. The number of hydrogen-bond acceptors (Lipinski definition) is 8. The summed E-state index contributed by atoms with van der Waals surface area (Å²) in [6.45, 7) is 2.14. The Morgan fingerprint density at radius 1 is 0.485 bits per heavy atom. The van der Waals surface area contributed by atoms with Gasteiger partial charge in [-0.15, -0.1) is 0 Å². The van der Waals surface area contributed by atoms with Crippen LogP contribution in [-0.4, -0.2) is 102 Å². The summed E-state index contributed by atoms with van der Waals surface area (Å²) >= 11 is 0. The van der Waals surface area contributed by atoms with Crippen molar-refractivity contribution in [1.82, 2.24) is 30.6 Å². The van der Waals surface area contributed by atoms with E-state index in [0.717, 1.165) is 59.9 Å².